The number of carbonyl (C=O) groups is 2. The summed E-state index contributed by atoms with van der Waals surface area (Å²) in [6.45, 7) is 6.45. The van der Waals surface area contributed by atoms with E-state index in [1.165, 1.54) is 25.4 Å². The van der Waals surface area contributed by atoms with E-state index in [1.807, 2.05) is 20.8 Å². The van der Waals surface area contributed by atoms with Gasteiger partial charge in [-0.3, -0.25) is 4.79 Å². The quantitative estimate of drug-likeness (QED) is 0.464. The highest BCUT2D eigenvalue weighted by molar-refractivity contribution is 6.06. The standard InChI is InChI=1S/C28H33FN4O5/c1-28(2,3)38-27(35)32-14-12-18(13-15-32)25-22(17-30-33(25)20-8-6-19(29)7-9-20)26(34)31-23-11-10-21(36-4)16-24(23)37-5/h6-11,16-18H,12-15H2,1-5H3,(H,31,34). The number of hydrogen-bond donors (Lipinski definition) is 1. The Morgan fingerprint density at radius 2 is 1.71 bits per heavy atom. The van der Waals surface area contributed by atoms with Crippen molar-refractivity contribution in [3.8, 4) is 17.2 Å². The first-order valence-corrected chi connectivity index (χ1v) is 12.4. The van der Waals surface area contributed by atoms with Crippen LogP contribution in [0.3, 0.4) is 0 Å². The Balaban J connectivity index is 1.63. The van der Waals surface area contributed by atoms with Gasteiger partial charge in [0.2, 0.25) is 0 Å². The Hall–Kier alpha value is -4.08. The predicted molar refractivity (Wildman–Crippen MR) is 141 cm³/mol. The molecule has 1 aliphatic rings. The number of anilines is 1. The summed E-state index contributed by atoms with van der Waals surface area (Å²) in [7, 11) is 3.07. The number of benzene rings is 2. The van der Waals surface area contributed by atoms with E-state index < -0.39 is 5.60 Å². The average Bonchev–Trinajstić information content (AvgIpc) is 3.34. The van der Waals surface area contributed by atoms with Gasteiger partial charge in [0.15, 0.2) is 0 Å². The van der Waals surface area contributed by atoms with Gasteiger partial charge in [-0.1, -0.05) is 0 Å². The Bertz CT molecular complexity index is 1290. The molecule has 38 heavy (non-hydrogen) atoms. The van der Waals surface area contributed by atoms with Crippen LogP contribution in [0, 0.1) is 5.82 Å². The number of hydrogen-bond acceptors (Lipinski definition) is 6. The molecule has 1 fully saturated rings. The van der Waals surface area contributed by atoms with E-state index in [2.05, 4.69) is 10.4 Å². The highest BCUT2D eigenvalue weighted by Crippen LogP contribution is 2.34. The normalized spacial score (nSPS) is 14.2. The number of amides is 2. The molecular formula is C28H33FN4O5. The largest absolute Gasteiger partial charge is 0.497 e. The molecule has 0 bridgehead atoms. The lowest BCUT2D eigenvalue weighted by atomic mass is 9.90. The number of rotatable bonds is 6. The highest BCUT2D eigenvalue weighted by Gasteiger charge is 2.32. The van der Waals surface area contributed by atoms with Crippen molar-refractivity contribution in [1.82, 2.24) is 14.7 Å². The minimum Gasteiger partial charge on any atom is -0.497 e. The van der Waals surface area contributed by atoms with E-state index >= 15 is 0 Å². The van der Waals surface area contributed by atoms with E-state index in [1.54, 1.807) is 47.0 Å². The summed E-state index contributed by atoms with van der Waals surface area (Å²) >= 11 is 0. The second-order valence-electron chi connectivity index (χ2n) is 10.1. The Morgan fingerprint density at radius 1 is 1.03 bits per heavy atom. The maximum atomic E-state index is 13.6. The van der Waals surface area contributed by atoms with Crippen molar-refractivity contribution in [3.63, 3.8) is 0 Å². The van der Waals surface area contributed by atoms with Gasteiger partial charge in [-0.05, 0) is 70.0 Å². The second kappa shape index (κ2) is 11.1. The van der Waals surface area contributed by atoms with Gasteiger partial charge in [-0.25, -0.2) is 13.9 Å². The van der Waals surface area contributed by atoms with Gasteiger partial charge >= 0.3 is 6.09 Å². The van der Waals surface area contributed by atoms with E-state index in [0.717, 1.165) is 0 Å². The van der Waals surface area contributed by atoms with Crippen molar-refractivity contribution in [3.05, 3.63) is 65.7 Å². The summed E-state index contributed by atoms with van der Waals surface area (Å²) < 4.78 is 31.5. The Kier molecular flexibility index (Phi) is 7.89. The molecule has 0 spiro atoms. The number of halogens is 1. The molecule has 2 amide bonds. The maximum absolute atomic E-state index is 13.6. The van der Waals surface area contributed by atoms with Crippen LogP contribution in [0.5, 0.6) is 11.5 Å². The van der Waals surface area contributed by atoms with Crippen LogP contribution in [0.1, 0.15) is 55.6 Å². The van der Waals surface area contributed by atoms with E-state index in [4.69, 9.17) is 14.2 Å². The molecule has 2 heterocycles. The fraction of sp³-hybridized carbons (Fsp3) is 0.393. The molecule has 1 aliphatic heterocycles. The lowest BCUT2D eigenvalue weighted by Crippen LogP contribution is -2.41. The van der Waals surface area contributed by atoms with Gasteiger partial charge < -0.3 is 24.4 Å². The minimum atomic E-state index is -0.580. The summed E-state index contributed by atoms with van der Waals surface area (Å²) in [5, 5.41) is 7.42. The number of aromatic nitrogens is 2. The summed E-state index contributed by atoms with van der Waals surface area (Å²) in [5.74, 6) is 0.265. The van der Waals surface area contributed by atoms with Gasteiger partial charge in [0.25, 0.3) is 5.91 Å². The van der Waals surface area contributed by atoms with E-state index in [0.29, 0.717) is 60.1 Å². The van der Waals surface area contributed by atoms with Crippen LogP contribution in [0.2, 0.25) is 0 Å². The topological polar surface area (TPSA) is 94.9 Å². The van der Waals surface area contributed by atoms with Crippen molar-refractivity contribution in [1.29, 1.82) is 0 Å². The van der Waals surface area contributed by atoms with Crippen LogP contribution in [0.4, 0.5) is 14.9 Å². The molecule has 1 N–H and O–H groups in total. The number of methoxy groups -OCH3 is 2. The van der Waals surface area contributed by atoms with Gasteiger partial charge in [-0.15, -0.1) is 0 Å². The van der Waals surface area contributed by atoms with Crippen LogP contribution >= 0.6 is 0 Å². The van der Waals surface area contributed by atoms with Gasteiger partial charge in [0.05, 0.1) is 43.0 Å². The monoisotopic (exact) mass is 524 g/mol. The van der Waals surface area contributed by atoms with Crippen molar-refractivity contribution in [2.75, 3.05) is 32.6 Å². The summed E-state index contributed by atoms with van der Waals surface area (Å²) in [6, 6.07) is 11.1. The van der Waals surface area contributed by atoms with Gasteiger partial charge in [-0.2, -0.15) is 5.10 Å². The Labute approximate surface area is 221 Å². The van der Waals surface area contributed by atoms with E-state index in [-0.39, 0.29) is 23.7 Å². The lowest BCUT2D eigenvalue weighted by Gasteiger charge is -2.34. The zero-order valence-corrected chi connectivity index (χ0v) is 22.3. The number of nitrogens with zero attached hydrogens (tertiary/aromatic N) is 3. The molecule has 0 unspecified atom stereocenters. The van der Waals surface area contributed by atoms with Crippen molar-refractivity contribution < 1.29 is 28.2 Å². The SMILES string of the molecule is COc1ccc(NC(=O)c2cnn(-c3ccc(F)cc3)c2C2CCN(C(=O)OC(C)(C)C)CC2)c(OC)c1. The molecule has 0 radical (unpaired) electrons. The van der Waals surface area contributed by atoms with Crippen molar-refractivity contribution in [2.24, 2.45) is 0 Å². The van der Waals surface area contributed by atoms with Crippen LogP contribution in [0.15, 0.2) is 48.7 Å². The average molecular weight is 525 g/mol. The fourth-order valence-electron chi connectivity index (χ4n) is 4.47. The molecule has 2 aromatic carbocycles. The maximum Gasteiger partial charge on any atom is 0.410 e. The first kappa shape index (κ1) is 27.0. The first-order chi connectivity index (χ1) is 18.1. The van der Waals surface area contributed by atoms with Gasteiger partial charge in [0, 0.05) is 25.1 Å². The molecule has 10 heteroatoms. The first-order valence-electron chi connectivity index (χ1n) is 12.4. The summed E-state index contributed by atoms with van der Waals surface area (Å²) in [4.78, 5) is 27.8. The second-order valence-corrected chi connectivity index (χ2v) is 10.1. The minimum absolute atomic E-state index is 0.0697. The van der Waals surface area contributed by atoms with Crippen molar-refractivity contribution >= 4 is 17.7 Å². The molecule has 9 nitrogen and oxygen atoms in total. The zero-order valence-electron chi connectivity index (χ0n) is 22.3. The number of nitrogens with one attached hydrogen (secondary N) is 1. The third-order valence-corrected chi connectivity index (χ3v) is 6.31. The molecule has 0 atom stereocenters. The van der Waals surface area contributed by atoms with Crippen LogP contribution in [0.25, 0.3) is 5.69 Å². The highest BCUT2D eigenvalue weighted by atomic mass is 19.1. The number of ether oxygens (including phenoxy) is 3. The molecular weight excluding hydrogens is 491 g/mol. The van der Waals surface area contributed by atoms with Crippen LogP contribution < -0.4 is 14.8 Å². The van der Waals surface area contributed by atoms with Gasteiger partial charge in [0.1, 0.15) is 22.9 Å². The fourth-order valence-corrected chi connectivity index (χ4v) is 4.47. The third-order valence-electron chi connectivity index (χ3n) is 6.31. The Morgan fingerprint density at radius 3 is 2.32 bits per heavy atom. The number of piperidine rings is 1. The van der Waals surface area contributed by atoms with Crippen LogP contribution in [-0.2, 0) is 4.74 Å². The van der Waals surface area contributed by atoms with Crippen molar-refractivity contribution in [2.45, 2.75) is 45.1 Å². The summed E-state index contributed by atoms with van der Waals surface area (Å²) in [6.07, 6.45) is 2.38. The molecule has 1 aromatic heterocycles. The summed E-state index contributed by atoms with van der Waals surface area (Å²) in [5.41, 5.74) is 1.63. The zero-order chi connectivity index (χ0) is 27.4. The van der Waals surface area contributed by atoms with E-state index in [9.17, 15) is 14.0 Å². The number of carbonyl (C=O) groups excluding carboxylic acids is 2. The lowest BCUT2D eigenvalue weighted by molar-refractivity contribution is 0.0203. The molecule has 0 aliphatic carbocycles. The van der Waals surface area contributed by atoms with Crippen LogP contribution in [-0.4, -0.2) is 59.6 Å². The molecule has 1 saturated heterocycles. The smallest absolute Gasteiger partial charge is 0.410 e. The predicted octanol–water partition coefficient (Wildman–Crippen LogP) is 5.40. The molecule has 4 rings (SSSR count). The molecule has 0 saturated carbocycles. The third kappa shape index (κ3) is 6.07. The number of likely N-dealkylation sites (tertiary alicyclic amines) is 1. The molecule has 202 valence electrons. The molecule has 3 aromatic rings.